The molecular formula is C15H16N2O5. The number of anilines is 1. The number of likely N-dealkylation sites (N-methyl/N-ethyl adjacent to an activating group) is 1. The second kappa shape index (κ2) is 6.75. The summed E-state index contributed by atoms with van der Waals surface area (Å²) in [5.74, 6) is -0.0868. The molecule has 0 saturated carbocycles. The molecule has 7 heteroatoms. The summed E-state index contributed by atoms with van der Waals surface area (Å²) < 4.78 is 9.96. The molecule has 0 aliphatic heterocycles. The van der Waals surface area contributed by atoms with Crippen molar-refractivity contribution in [3.8, 4) is 5.75 Å². The van der Waals surface area contributed by atoms with Crippen LogP contribution in [0.15, 0.2) is 34.9 Å². The minimum absolute atomic E-state index is 0.132. The molecule has 2 rings (SSSR count). The molecule has 0 bridgehead atoms. The average molecular weight is 304 g/mol. The molecule has 0 atom stereocenters. The zero-order valence-electron chi connectivity index (χ0n) is 12.3. The monoisotopic (exact) mass is 304 g/mol. The highest BCUT2D eigenvalue weighted by molar-refractivity contribution is 5.94. The van der Waals surface area contributed by atoms with E-state index in [0.29, 0.717) is 22.9 Å². The van der Waals surface area contributed by atoms with E-state index in [2.05, 4.69) is 5.16 Å². The lowest BCUT2D eigenvalue weighted by Gasteiger charge is -2.17. The molecule has 0 spiro atoms. The van der Waals surface area contributed by atoms with Gasteiger partial charge in [-0.25, -0.2) is 4.79 Å². The Labute approximate surface area is 127 Å². The van der Waals surface area contributed by atoms with Gasteiger partial charge in [-0.2, -0.15) is 0 Å². The minimum atomic E-state index is -1.04. The first-order chi connectivity index (χ1) is 10.5. The molecule has 1 heterocycles. The number of carboxylic acids is 1. The van der Waals surface area contributed by atoms with E-state index in [1.807, 2.05) is 0 Å². The molecule has 116 valence electrons. The number of benzene rings is 1. The topological polar surface area (TPSA) is 92.9 Å². The lowest BCUT2D eigenvalue weighted by Crippen LogP contribution is -2.27. The van der Waals surface area contributed by atoms with Gasteiger partial charge in [-0.05, 0) is 31.2 Å². The Kier molecular flexibility index (Phi) is 4.77. The smallest absolute Gasteiger partial charge is 0.341 e. The van der Waals surface area contributed by atoms with Gasteiger partial charge in [0, 0.05) is 18.8 Å². The maximum atomic E-state index is 12.2. The van der Waals surface area contributed by atoms with Gasteiger partial charge in [0.25, 0.3) is 0 Å². The van der Waals surface area contributed by atoms with Crippen LogP contribution in [0.3, 0.4) is 0 Å². The summed E-state index contributed by atoms with van der Waals surface area (Å²) in [5.41, 5.74) is 1.25. The van der Waals surface area contributed by atoms with Crippen molar-refractivity contribution in [2.75, 3.05) is 18.6 Å². The minimum Gasteiger partial charge on any atom is -0.482 e. The van der Waals surface area contributed by atoms with Crippen molar-refractivity contribution < 1.29 is 24.0 Å². The van der Waals surface area contributed by atoms with Crippen LogP contribution in [0.25, 0.3) is 0 Å². The van der Waals surface area contributed by atoms with Gasteiger partial charge in [0.2, 0.25) is 5.91 Å². The van der Waals surface area contributed by atoms with Gasteiger partial charge in [-0.3, -0.25) is 4.79 Å². The highest BCUT2D eigenvalue weighted by Gasteiger charge is 2.14. The number of nitrogens with zero attached hydrogens (tertiary/aromatic N) is 2. The summed E-state index contributed by atoms with van der Waals surface area (Å²) in [6.07, 6.45) is 0.144. The van der Waals surface area contributed by atoms with E-state index in [1.54, 1.807) is 44.3 Å². The summed E-state index contributed by atoms with van der Waals surface area (Å²) >= 11 is 0. The maximum Gasteiger partial charge on any atom is 0.341 e. The van der Waals surface area contributed by atoms with Crippen LogP contribution in [0.1, 0.15) is 11.5 Å². The van der Waals surface area contributed by atoms with E-state index in [-0.39, 0.29) is 12.3 Å². The van der Waals surface area contributed by atoms with Crippen molar-refractivity contribution in [1.82, 2.24) is 5.16 Å². The van der Waals surface area contributed by atoms with Gasteiger partial charge in [-0.15, -0.1) is 0 Å². The summed E-state index contributed by atoms with van der Waals surface area (Å²) in [5, 5.41) is 12.3. The number of ether oxygens (including phenoxy) is 1. The number of aryl methyl sites for hydroxylation is 1. The zero-order chi connectivity index (χ0) is 16.1. The molecule has 1 aromatic heterocycles. The summed E-state index contributed by atoms with van der Waals surface area (Å²) in [7, 11) is 1.66. The molecule has 0 unspecified atom stereocenters. The Bertz CT molecular complexity index is 663. The zero-order valence-corrected chi connectivity index (χ0v) is 12.3. The van der Waals surface area contributed by atoms with Crippen LogP contribution in [0.5, 0.6) is 5.75 Å². The number of amides is 1. The van der Waals surface area contributed by atoms with E-state index in [9.17, 15) is 9.59 Å². The third-order valence-electron chi connectivity index (χ3n) is 2.97. The number of aliphatic carboxylic acids is 1. The number of carbonyl (C=O) groups is 2. The largest absolute Gasteiger partial charge is 0.482 e. The Morgan fingerprint density at radius 1 is 1.32 bits per heavy atom. The van der Waals surface area contributed by atoms with E-state index >= 15 is 0 Å². The van der Waals surface area contributed by atoms with Crippen LogP contribution in [0.2, 0.25) is 0 Å². The Balaban J connectivity index is 1.97. The van der Waals surface area contributed by atoms with Crippen molar-refractivity contribution >= 4 is 17.6 Å². The van der Waals surface area contributed by atoms with E-state index < -0.39 is 12.6 Å². The predicted octanol–water partition coefficient (Wildman–Crippen LogP) is 1.65. The first-order valence-electron chi connectivity index (χ1n) is 6.59. The fourth-order valence-corrected chi connectivity index (χ4v) is 1.83. The van der Waals surface area contributed by atoms with Crippen molar-refractivity contribution in [2.24, 2.45) is 0 Å². The van der Waals surface area contributed by atoms with E-state index in [0.717, 1.165) is 0 Å². The number of rotatable bonds is 6. The third kappa shape index (κ3) is 4.08. The summed E-state index contributed by atoms with van der Waals surface area (Å²) in [4.78, 5) is 24.1. The van der Waals surface area contributed by atoms with Gasteiger partial charge in [-0.1, -0.05) is 5.16 Å². The van der Waals surface area contributed by atoms with Crippen LogP contribution >= 0.6 is 0 Å². The quantitative estimate of drug-likeness (QED) is 0.872. The van der Waals surface area contributed by atoms with Crippen molar-refractivity contribution in [3.05, 3.63) is 41.8 Å². The first-order valence-corrected chi connectivity index (χ1v) is 6.59. The molecule has 1 amide bonds. The molecule has 0 aliphatic rings. The molecule has 0 saturated heterocycles. The molecule has 0 radical (unpaired) electrons. The molecule has 0 aliphatic carbocycles. The fourth-order valence-electron chi connectivity index (χ4n) is 1.83. The number of aromatic nitrogens is 1. The van der Waals surface area contributed by atoms with Crippen LogP contribution in [0.4, 0.5) is 5.69 Å². The number of hydrogen-bond donors (Lipinski definition) is 1. The average Bonchev–Trinajstić information content (AvgIpc) is 2.90. The van der Waals surface area contributed by atoms with E-state index in [1.165, 1.54) is 4.90 Å². The predicted molar refractivity (Wildman–Crippen MR) is 77.9 cm³/mol. The summed E-state index contributed by atoms with van der Waals surface area (Å²) in [6, 6.07) is 8.31. The molecule has 7 nitrogen and oxygen atoms in total. The Hall–Kier alpha value is -2.83. The molecule has 1 aromatic carbocycles. The summed E-state index contributed by atoms with van der Waals surface area (Å²) in [6.45, 7) is 1.36. The van der Waals surface area contributed by atoms with Crippen LogP contribution in [-0.2, 0) is 16.0 Å². The van der Waals surface area contributed by atoms with Gasteiger partial charge < -0.3 is 19.3 Å². The number of carboxylic acid groups (broad SMARTS) is 1. The molecular weight excluding hydrogens is 288 g/mol. The number of hydrogen-bond acceptors (Lipinski definition) is 5. The number of carbonyl (C=O) groups excluding carboxylic acids is 1. The second-order valence-corrected chi connectivity index (χ2v) is 4.73. The van der Waals surface area contributed by atoms with Crippen LogP contribution in [0, 0.1) is 6.92 Å². The van der Waals surface area contributed by atoms with Gasteiger partial charge >= 0.3 is 5.97 Å². The molecule has 1 N–H and O–H groups in total. The third-order valence-corrected chi connectivity index (χ3v) is 2.97. The second-order valence-electron chi connectivity index (χ2n) is 4.73. The van der Waals surface area contributed by atoms with Crippen LogP contribution < -0.4 is 9.64 Å². The molecule has 22 heavy (non-hydrogen) atoms. The van der Waals surface area contributed by atoms with Crippen molar-refractivity contribution in [2.45, 2.75) is 13.3 Å². The molecule has 0 fully saturated rings. The maximum absolute atomic E-state index is 12.2. The van der Waals surface area contributed by atoms with Crippen molar-refractivity contribution in [3.63, 3.8) is 0 Å². The fraction of sp³-hybridized carbons (Fsp3) is 0.267. The normalized spacial score (nSPS) is 10.3. The van der Waals surface area contributed by atoms with Crippen LogP contribution in [-0.4, -0.2) is 35.8 Å². The van der Waals surface area contributed by atoms with E-state index in [4.69, 9.17) is 14.4 Å². The van der Waals surface area contributed by atoms with Gasteiger partial charge in [0.1, 0.15) is 11.5 Å². The highest BCUT2D eigenvalue weighted by Crippen LogP contribution is 2.19. The lowest BCUT2D eigenvalue weighted by molar-refractivity contribution is -0.139. The molecule has 2 aromatic rings. The van der Waals surface area contributed by atoms with Crippen molar-refractivity contribution in [1.29, 1.82) is 0 Å². The van der Waals surface area contributed by atoms with Gasteiger partial charge in [0.15, 0.2) is 6.61 Å². The Morgan fingerprint density at radius 2 is 2.00 bits per heavy atom. The first kappa shape index (κ1) is 15.6. The lowest BCUT2D eigenvalue weighted by atomic mass is 10.2. The standard InChI is InChI=1S/C15H16N2O5/c1-10-7-11(16-22-10)8-14(18)17(2)12-3-5-13(6-4-12)21-9-15(19)20/h3-7H,8-9H2,1-2H3,(H,19,20). The highest BCUT2D eigenvalue weighted by atomic mass is 16.5. The van der Waals surface area contributed by atoms with Gasteiger partial charge in [0.05, 0.1) is 12.1 Å². The Morgan fingerprint density at radius 3 is 2.55 bits per heavy atom. The SMILES string of the molecule is Cc1cc(CC(=O)N(C)c2ccc(OCC(=O)O)cc2)no1.